The molecule has 0 spiro atoms. The molecule has 0 bridgehead atoms. The van der Waals surface area contributed by atoms with Crippen molar-refractivity contribution in [1.29, 1.82) is 0 Å². The molecule has 1 aliphatic heterocycles. The molecule has 4 heteroatoms. The first kappa shape index (κ1) is 16.5. The number of benzene rings is 2. The molecule has 126 valence electrons. The average molecular weight is 324 g/mol. The van der Waals surface area contributed by atoms with Gasteiger partial charge in [-0.05, 0) is 36.4 Å². The Kier molecular flexibility index (Phi) is 5.85. The molecule has 0 aliphatic carbocycles. The first-order valence-corrected chi connectivity index (χ1v) is 8.54. The molecule has 2 N–H and O–H groups in total. The first-order valence-electron chi connectivity index (χ1n) is 8.54. The van der Waals surface area contributed by atoms with Gasteiger partial charge in [0.2, 0.25) is 0 Å². The number of alkyl carbamates (subject to hydrolysis) is 1. The van der Waals surface area contributed by atoms with E-state index < -0.39 is 0 Å². The molecule has 1 saturated heterocycles. The van der Waals surface area contributed by atoms with Crippen molar-refractivity contribution < 1.29 is 9.53 Å². The number of carbonyl (C=O) groups excluding carboxylic acids is 1. The van der Waals surface area contributed by atoms with Crippen molar-refractivity contribution in [1.82, 2.24) is 10.6 Å². The molecule has 4 nitrogen and oxygen atoms in total. The minimum absolute atomic E-state index is 0.311. The van der Waals surface area contributed by atoms with Crippen LogP contribution in [0.3, 0.4) is 0 Å². The van der Waals surface area contributed by atoms with Gasteiger partial charge in [-0.1, -0.05) is 60.7 Å². The highest BCUT2D eigenvalue weighted by molar-refractivity contribution is 5.67. The van der Waals surface area contributed by atoms with Gasteiger partial charge in [0, 0.05) is 12.6 Å². The normalized spacial score (nSPS) is 20.3. The third-order valence-corrected chi connectivity index (χ3v) is 4.46. The van der Waals surface area contributed by atoms with Gasteiger partial charge in [-0.2, -0.15) is 0 Å². The summed E-state index contributed by atoms with van der Waals surface area (Å²) in [6.07, 6.45) is 1.76. The standard InChI is InChI=1S/C20H24N2O2/c23-20(24-15-16-7-3-1-4-8-16)22-14-17-11-12-21-19(13-17)18-9-5-2-6-10-18/h1-10,17,19,21H,11-15H2,(H,22,23)/t17-,19-/m0/s1. The largest absolute Gasteiger partial charge is 0.445 e. The Morgan fingerprint density at radius 3 is 2.54 bits per heavy atom. The second-order valence-electron chi connectivity index (χ2n) is 6.25. The fourth-order valence-corrected chi connectivity index (χ4v) is 3.12. The van der Waals surface area contributed by atoms with Crippen LogP contribution < -0.4 is 10.6 Å². The van der Waals surface area contributed by atoms with E-state index in [1.807, 2.05) is 36.4 Å². The Morgan fingerprint density at radius 1 is 1.08 bits per heavy atom. The minimum Gasteiger partial charge on any atom is -0.445 e. The Morgan fingerprint density at radius 2 is 1.79 bits per heavy atom. The third-order valence-electron chi connectivity index (χ3n) is 4.46. The van der Waals surface area contributed by atoms with E-state index in [2.05, 4.69) is 34.9 Å². The zero-order chi connectivity index (χ0) is 16.6. The number of amides is 1. The number of nitrogens with one attached hydrogen (secondary N) is 2. The maximum Gasteiger partial charge on any atom is 0.407 e. The molecule has 2 aromatic carbocycles. The van der Waals surface area contributed by atoms with Crippen molar-refractivity contribution in [2.75, 3.05) is 13.1 Å². The molecule has 2 atom stereocenters. The highest BCUT2D eigenvalue weighted by Gasteiger charge is 2.23. The van der Waals surface area contributed by atoms with Crippen LogP contribution in [0.1, 0.15) is 30.0 Å². The van der Waals surface area contributed by atoms with Crippen LogP contribution in [0.5, 0.6) is 0 Å². The van der Waals surface area contributed by atoms with E-state index in [1.54, 1.807) is 0 Å². The average Bonchev–Trinajstić information content (AvgIpc) is 2.66. The molecule has 0 aromatic heterocycles. The number of carbonyl (C=O) groups is 1. The molecule has 1 amide bonds. The predicted molar refractivity (Wildman–Crippen MR) is 94.5 cm³/mol. The van der Waals surface area contributed by atoms with Crippen molar-refractivity contribution in [2.45, 2.75) is 25.5 Å². The third kappa shape index (κ3) is 4.83. The molecule has 2 aromatic rings. The SMILES string of the molecule is O=C(NC[C@H]1CCN[C@H](c2ccccc2)C1)OCc1ccccc1. The van der Waals surface area contributed by atoms with Crippen molar-refractivity contribution in [3.63, 3.8) is 0 Å². The second kappa shape index (κ2) is 8.50. The van der Waals surface area contributed by atoms with Gasteiger partial charge in [0.25, 0.3) is 0 Å². The van der Waals surface area contributed by atoms with Crippen LogP contribution in [0.2, 0.25) is 0 Å². The molecule has 0 unspecified atom stereocenters. The lowest BCUT2D eigenvalue weighted by atomic mass is 9.89. The summed E-state index contributed by atoms with van der Waals surface area (Å²) >= 11 is 0. The van der Waals surface area contributed by atoms with Crippen molar-refractivity contribution >= 4 is 6.09 Å². The quantitative estimate of drug-likeness (QED) is 0.882. The van der Waals surface area contributed by atoms with Crippen LogP contribution in [0.15, 0.2) is 60.7 Å². The van der Waals surface area contributed by atoms with Crippen LogP contribution >= 0.6 is 0 Å². The molecule has 3 rings (SSSR count). The van der Waals surface area contributed by atoms with Gasteiger partial charge in [0.05, 0.1) is 0 Å². The zero-order valence-corrected chi connectivity index (χ0v) is 13.8. The fraction of sp³-hybridized carbons (Fsp3) is 0.350. The van der Waals surface area contributed by atoms with Crippen LogP contribution in [-0.4, -0.2) is 19.2 Å². The second-order valence-corrected chi connectivity index (χ2v) is 6.25. The van der Waals surface area contributed by atoms with E-state index in [1.165, 1.54) is 5.56 Å². The van der Waals surface area contributed by atoms with Crippen molar-refractivity contribution in [2.24, 2.45) is 5.92 Å². The Balaban J connectivity index is 1.42. The molecular weight excluding hydrogens is 300 g/mol. The lowest BCUT2D eigenvalue weighted by molar-refractivity contribution is 0.136. The van der Waals surface area contributed by atoms with E-state index in [0.717, 1.165) is 24.9 Å². The predicted octanol–water partition coefficient (Wildman–Crippen LogP) is 3.65. The molecule has 24 heavy (non-hydrogen) atoms. The van der Waals surface area contributed by atoms with E-state index in [4.69, 9.17) is 4.74 Å². The number of hydrogen-bond donors (Lipinski definition) is 2. The van der Waals surface area contributed by atoms with Crippen molar-refractivity contribution in [3.05, 3.63) is 71.8 Å². The summed E-state index contributed by atoms with van der Waals surface area (Å²) in [6, 6.07) is 20.6. The Hall–Kier alpha value is -2.33. The minimum atomic E-state index is -0.339. The molecule has 1 heterocycles. The van der Waals surface area contributed by atoms with Gasteiger partial charge in [-0.25, -0.2) is 4.79 Å². The number of hydrogen-bond acceptors (Lipinski definition) is 3. The summed E-state index contributed by atoms with van der Waals surface area (Å²) in [5.41, 5.74) is 2.31. The summed E-state index contributed by atoms with van der Waals surface area (Å²) < 4.78 is 5.26. The van der Waals surface area contributed by atoms with Crippen LogP contribution in [0.25, 0.3) is 0 Å². The molecule has 1 fully saturated rings. The summed E-state index contributed by atoms with van der Waals surface area (Å²) in [4.78, 5) is 11.9. The van der Waals surface area contributed by atoms with Crippen LogP contribution in [0.4, 0.5) is 4.79 Å². The first-order chi connectivity index (χ1) is 11.8. The summed E-state index contributed by atoms with van der Waals surface area (Å²) in [5, 5.41) is 6.46. The Bertz CT molecular complexity index is 631. The van der Waals surface area contributed by atoms with Gasteiger partial charge in [0.1, 0.15) is 6.61 Å². The van der Waals surface area contributed by atoms with Gasteiger partial charge < -0.3 is 15.4 Å². The molecule has 1 aliphatic rings. The van der Waals surface area contributed by atoms with Gasteiger partial charge in [-0.15, -0.1) is 0 Å². The highest BCUT2D eigenvalue weighted by atomic mass is 16.5. The molecule has 0 radical (unpaired) electrons. The van der Waals surface area contributed by atoms with E-state index >= 15 is 0 Å². The smallest absolute Gasteiger partial charge is 0.407 e. The van der Waals surface area contributed by atoms with E-state index in [0.29, 0.717) is 25.1 Å². The zero-order valence-electron chi connectivity index (χ0n) is 13.8. The lowest BCUT2D eigenvalue weighted by Gasteiger charge is -2.30. The summed E-state index contributed by atoms with van der Waals surface area (Å²) in [6.45, 7) is 1.95. The van der Waals surface area contributed by atoms with Crippen molar-refractivity contribution in [3.8, 4) is 0 Å². The Labute approximate surface area is 143 Å². The number of piperidine rings is 1. The van der Waals surface area contributed by atoms with Crippen LogP contribution in [0, 0.1) is 5.92 Å². The molecule has 0 saturated carbocycles. The molecular formula is C20H24N2O2. The summed E-state index contributed by atoms with van der Waals surface area (Å²) in [7, 11) is 0. The highest BCUT2D eigenvalue weighted by Crippen LogP contribution is 2.26. The maximum atomic E-state index is 11.9. The van der Waals surface area contributed by atoms with Crippen LogP contribution in [-0.2, 0) is 11.3 Å². The van der Waals surface area contributed by atoms with E-state index in [9.17, 15) is 4.79 Å². The van der Waals surface area contributed by atoms with Gasteiger partial charge in [-0.3, -0.25) is 0 Å². The van der Waals surface area contributed by atoms with Gasteiger partial charge in [0.15, 0.2) is 0 Å². The monoisotopic (exact) mass is 324 g/mol. The lowest BCUT2D eigenvalue weighted by Crippen LogP contribution is -2.38. The topological polar surface area (TPSA) is 50.4 Å². The van der Waals surface area contributed by atoms with Gasteiger partial charge >= 0.3 is 6.09 Å². The number of rotatable bonds is 5. The van der Waals surface area contributed by atoms with E-state index in [-0.39, 0.29) is 6.09 Å². The fourth-order valence-electron chi connectivity index (χ4n) is 3.12. The number of ether oxygens (including phenoxy) is 1. The maximum absolute atomic E-state index is 11.9. The summed E-state index contributed by atoms with van der Waals surface area (Å²) in [5.74, 6) is 0.473.